The number of halogens is 1. The molecule has 0 amide bonds. The van der Waals surface area contributed by atoms with E-state index in [1.807, 2.05) is 24.4 Å². The molecule has 0 bridgehead atoms. The first-order chi connectivity index (χ1) is 7.18. The van der Waals surface area contributed by atoms with Crippen molar-refractivity contribution in [2.45, 2.75) is 13.8 Å². The van der Waals surface area contributed by atoms with Crippen LogP contribution in [-0.2, 0) is 0 Å². The second-order valence-corrected chi connectivity index (χ2v) is 4.49. The summed E-state index contributed by atoms with van der Waals surface area (Å²) in [7, 11) is 0. The summed E-state index contributed by atoms with van der Waals surface area (Å²) in [6.07, 6.45) is 1.83. The maximum Gasteiger partial charge on any atom is 0.0704 e. The minimum absolute atomic E-state index is 1.03. The first-order valence-corrected chi connectivity index (χ1v) is 5.66. The highest BCUT2D eigenvalue weighted by atomic mass is 79.9. The van der Waals surface area contributed by atoms with E-state index < -0.39 is 0 Å². The number of benzene rings is 1. The third-order valence-corrected chi connectivity index (χ3v) is 3.30. The van der Waals surface area contributed by atoms with Gasteiger partial charge in [0, 0.05) is 16.2 Å². The SMILES string of the molecule is Cc1cc(-c2ccccn2)c(C)cc1Br. The van der Waals surface area contributed by atoms with Crippen molar-refractivity contribution >= 4 is 15.9 Å². The zero-order valence-corrected chi connectivity index (χ0v) is 10.4. The summed E-state index contributed by atoms with van der Waals surface area (Å²) < 4.78 is 1.15. The molecule has 1 nitrogen and oxygen atoms in total. The maximum atomic E-state index is 4.37. The fourth-order valence-corrected chi connectivity index (χ4v) is 2.04. The molecule has 0 spiro atoms. The summed E-state index contributed by atoms with van der Waals surface area (Å²) in [5, 5.41) is 0. The average molecular weight is 262 g/mol. The Morgan fingerprint density at radius 2 is 1.87 bits per heavy atom. The van der Waals surface area contributed by atoms with E-state index in [1.54, 1.807) is 0 Å². The molecule has 1 heterocycles. The highest BCUT2D eigenvalue weighted by molar-refractivity contribution is 9.10. The summed E-state index contributed by atoms with van der Waals surface area (Å²) in [6, 6.07) is 10.3. The van der Waals surface area contributed by atoms with Crippen molar-refractivity contribution in [1.29, 1.82) is 0 Å². The Labute approximate surface area is 98.3 Å². The third-order valence-electron chi connectivity index (χ3n) is 2.45. The molecule has 0 aliphatic carbocycles. The van der Waals surface area contributed by atoms with Gasteiger partial charge in [0.05, 0.1) is 5.69 Å². The first-order valence-electron chi connectivity index (χ1n) is 4.86. The molecule has 0 saturated carbocycles. The van der Waals surface area contributed by atoms with Crippen molar-refractivity contribution in [1.82, 2.24) is 4.98 Å². The average Bonchev–Trinajstić information content (AvgIpc) is 2.25. The van der Waals surface area contributed by atoms with Crippen LogP contribution in [0.3, 0.4) is 0 Å². The van der Waals surface area contributed by atoms with Crippen LogP contribution in [-0.4, -0.2) is 4.98 Å². The Hall–Kier alpha value is -1.15. The van der Waals surface area contributed by atoms with Gasteiger partial charge in [-0.25, -0.2) is 0 Å². The minimum Gasteiger partial charge on any atom is -0.256 e. The van der Waals surface area contributed by atoms with Crippen LogP contribution in [0.2, 0.25) is 0 Å². The van der Waals surface area contributed by atoms with E-state index in [1.165, 1.54) is 16.7 Å². The molecule has 0 radical (unpaired) electrons. The van der Waals surface area contributed by atoms with E-state index in [0.717, 1.165) is 10.2 Å². The van der Waals surface area contributed by atoms with E-state index in [-0.39, 0.29) is 0 Å². The fourth-order valence-electron chi connectivity index (χ4n) is 1.58. The lowest BCUT2D eigenvalue weighted by Gasteiger charge is -2.08. The summed E-state index contributed by atoms with van der Waals surface area (Å²) >= 11 is 3.53. The predicted octanol–water partition coefficient (Wildman–Crippen LogP) is 4.13. The normalized spacial score (nSPS) is 10.3. The molecule has 0 unspecified atom stereocenters. The van der Waals surface area contributed by atoms with Crippen LogP contribution in [0.5, 0.6) is 0 Å². The molecule has 1 aromatic heterocycles. The van der Waals surface area contributed by atoms with Gasteiger partial charge in [0.1, 0.15) is 0 Å². The number of pyridine rings is 1. The maximum absolute atomic E-state index is 4.37. The molecule has 15 heavy (non-hydrogen) atoms. The molecule has 0 N–H and O–H groups in total. The van der Waals surface area contributed by atoms with Crippen molar-refractivity contribution in [3.8, 4) is 11.3 Å². The second kappa shape index (κ2) is 4.15. The monoisotopic (exact) mass is 261 g/mol. The van der Waals surface area contributed by atoms with Crippen LogP contribution in [0.25, 0.3) is 11.3 Å². The molecule has 0 aliphatic heterocycles. The zero-order valence-electron chi connectivity index (χ0n) is 8.79. The Bertz CT molecular complexity index is 477. The highest BCUT2D eigenvalue weighted by Gasteiger charge is 2.05. The van der Waals surface area contributed by atoms with Crippen molar-refractivity contribution in [3.05, 3.63) is 52.1 Å². The summed E-state index contributed by atoms with van der Waals surface area (Å²) in [5.41, 5.74) is 4.72. The smallest absolute Gasteiger partial charge is 0.0704 e. The third kappa shape index (κ3) is 2.10. The molecule has 2 heteroatoms. The van der Waals surface area contributed by atoms with E-state index in [9.17, 15) is 0 Å². The van der Waals surface area contributed by atoms with Gasteiger partial charge in [-0.2, -0.15) is 0 Å². The summed E-state index contributed by atoms with van der Waals surface area (Å²) in [5.74, 6) is 0. The van der Waals surface area contributed by atoms with E-state index >= 15 is 0 Å². The minimum atomic E-state index is 1.03. The Kier molecular flexibility index (Phi) is 2.87. The Morgan fingerprint density at radius 1 is 1.07 bits per heavy atom. The zero-order chi connectivity index (χ0) is 10.8. The van der Waals surface area contributed by atoms with Gasteiger partial charge in [-0.3, -0.25) is 4.98 Å². The van der Waals surface area contributed by atoms with Gasteiger partial charge >= 0.3 is 0 Å². The molecule has 0 fully saturated rings. The Balaban J connectivity index is 2.59. The standard InChI is InChI=1S/C13H12BrN/c1-9-8-12(14)10(2)7-11(9)13-5-3-4-6-15-13/h3-8H,1-2H3. The van der Waals surface area contributed by atoms with Crippen molar-refractivity contribution < 1.29 is 0 Å². The first kappa shape index (κ1) is 10.4. The van der Waals surface area contributed by atoms with Crippen LogP contribution < -0.4 is 0 Å². The van der Waals surface area contributed by atoms with E-state index in [0.29, 0.717) is 0 Å². The van der Waals surface area contributed by atoms with Gasteiger partial charge in [-0.05, 0) is 49.2 Å². The van der Waals surface area contributed by atoms with Crippen molar-refractivity contribution in [2.24, 2.45) is 0 Å². The van der Waals surface area contributed by atoms with Gasteiger partial charge < -0.3 is 0 Å². The number of hydrogen-bond donors (Lipinski definition) is 0. The lowest BCUT2D eigenvalue weighted by molar-refractivity contribution is 1.28. The molecule has 0 saturated heterocycles. The fraction of sp³-hybridized carbons (Fsp3) is 0.154. The van der Waals surface area contributed by atoms with Crippen LogP contribution >= 0.6 is 15.9 Å². The molecule has 2 aromatic rings. The topological polar surface area (TPSA) is 12.9 Å². The molecule has 0 atom stereocenters. The second-order valence-electron chi connectivity index (χ2n) is 3.63. The van der Waals surface area contributed by atoms with Gasteiger partial charge in [0.2, 0.25) is 0 Å². The van der Waals surface area contributed by atoms with Crippen molar-refractivity contribution in [2.75, 3.05) is 0 Å². The van der Waals surface area contributed by atoms with Crippen LogP contribution in [0.15, 0.2) is 41.0 Å². The van der Waals surface area contributed by atoms with Gasteiger partial charge in [-0.1, -0.05) is 22.0 Å². The molecule has 1 aromatic carbocycles. The van der Waals surface area contributed by atoms with Gasteiger partial charge in [-0.15, -0.1) is 0 Å². The molecular formula is C13H12BrN. The number of aromatic nitrogens is 1. The van der Waals surface area contributed by atoms with Crippen LogP contribution in [0, 0.1) is 13.8 Å². The predicted molar refractivity (Wildman–Crippen MR) is 66.8 cm³/mol. The van der Waals surface area contributed by atoms with Crippen molar-refractivity contribution in [3.63, 3.8) is 0 Å². The van der Waals surface area contributed by atoms with E-state index in [2.05, 4.69) is 46.9 Å². The number of hydrogen-bond acceptors (Lipinski definition) is 1. The number of rotatable bonds is 1. The quantitative estimate of drug-likeness (QED) is 0.753. The van der Waals surface area contributed by atoms with E-state index in [4.69, 9.17) is 0 Å². The summed E-state index contributed by atoms with van der Waals surface area (Å²) in [4.78, 5) is 4.37. The molecule has 0 aliphatic rings. The lowest BCUT2D eigenvalue weighted by atomic mass is 10.0. The van der Waals surface area contributed by atoms with Crippen LogP contribution in [0.1, 0.15) is 11.1 Å². The van der Waals surface area contributed by atoms with Gasteiger partial charge in [0.25, 0.3) is 0 Å². The highest BCUT2D eigenvalue weighted by Crippen LogP contribution is 2.27. The molecular weight excluding hydrogens is 250 g/mol. The molecule has 2 rings (SSSR count). The van der Waals surface area contributed by atoms with Crippen LogP contribution in [0.4, 0.5) is 0 Å². The van der Waals surface area contributed by atoms with Gasteiger partial charge in [0.15, 0.2) is 0 Å². The number of nitrogens with zero attached hydrogens (tertiary/aromatic N) is 1. The number of aryl methyl sites for hydroxylation is 2. The Morgan fingerprint density at radius 3 is 2.53 bits per heavy atom. The summed E-state index contributed by atoms with van der Waals surface area (Å²) in [6.45, 7) is 4.20. The lowest BCUT2D eigenvalue weighted by Crippen LogP contribution is -1.88. The largest absolute Gasteiger partial charge is 0.256 e. The molecule has 76 valence electrons.